The van der Waals surface area contributed by atoms with Crippen LogP contribution < -0.4 is 5.49 Å². The van der Waals surface area contributed by atoms with Crippen molar-refractivity contribution in [3.63, 3.8) is 0 Å². The maximum Gasteiger partial charge on any atom is 0.146 e. The van der Waals surface area contributed by atoms with E-state index in [9.17, 15) is 4.79 Å². The molecule has 25 heavy (non-hydrogen) atoms. The van der Waals surface area contributed by atoms with E-state index in [0.717, 1.165) is 23.0 Å². The normalized spacial score (nSPS) is 11.2. The van der Waals surface area contributed by atoms with E-state index >= 15 is 0 Å². The van der Waals surface area contributed by atoms with Crippen molar-refractivity contribution in [1.29, 1.82) is 5.41 Å². The van der Waals surface area contributed by atoms with Crippen LogP contribution >= 0.6 is 0 Å². The number of aryl methyl sites for hydroxylation is 1. The minimum absolute atomic E-state index is 0.376. The number of aldehydes is 1. The van der Waals surface area contributed by atoms with Gasteiger partial charge >= 0.3 is 0 Å². The number of rotatable bonds is 6. The van der Waals surface area contributed by atoms with Crippen molar-refractivity contribution in [2.24, 2.45) is 0 Å². The smallest absolute Gasteiger partial charge is 0.146 e. The fourth-order valence-electron chi connectivity index (χ4n) is 3.26. The number of hydrogen-bond donors (Lipinski definition) is 1. The van der Waals surface area contributed by atoms with Crippen molar-refractivity contribution in [2.75, 3.05) is 0 Å². The summed E-state index contributed by atoms with van der Waals surface area (Å²) in [6.45, 7) is 1.90. The summed E-state index contributed by atoms with van der Waals surface area (Å²) in [7, 11) is 0. The zero-order valence-corrected chi connectivity index (χ0v) is 14.4. The predicted octanol–water partition coefficient (Wildman–Crippen LogP) is 3.66. The van der Waals surface area contributed by atoms with Crippen molar-refractivity contribution >= 4 is 6.29 Å². The van der Waals surface area contributed by atoms with E-state index in [1.807, 2.05) is 90.5 Å². The number of benzene rings is 2. The Morgan fingerprint density at radius 2 is 1.40 bits per heavy atom. The summed E-state index contributed by atoms with van der Waals surface area (Å²) in [5.74, 6) is 0. The molecule has 0 saturated heterocycles. The number of nitrogens with zero attached hydrogens (tertiary/aromatic N) is 1. The SMILES string of the molecule is Cc1cccn(C(C=O)(Cc2ccccc2)Cc2ccccc2)c1=N. The van der Waals surface area contributed by atoms with Crippen LogP contribution in [0.3, 0.4) is 0 Å². The lowest BCUT2D eigenvalue weighted by atomic mass is 9.85. The van der Waals surface area contributed by atoms with Crippen molar-refractivity contribution < 1.29 is 4.79 Å². The molecule has 0 spiro atoms. The van der Waals surface area contributed by atoms with Gasteiger partial charge in [0.15, 0.2) is 0 Å². The van der Waals surface area contributed by atoms with Crippen LogP contribution in [0.1, 0.15) is 16.7 Å². The van der Waals surface area contributed by atoms with Gasteiger partial charge in [0, 0.05) is 19.0 Å². The fourth-order valence-corrected chi connectivity index (χ4v) is 3.26. The minimum atomic E-state index is -0.828. The van der Waals surface area contributed by atoms with Gasteiger partial charge in [0.25, 0.3) is 0 Å². The Morgan fingerprint density at radius 3 is 1.88 bits per heavy atom. The zero-order chi connectivity index (χ0) is 17.7. The van der Waals surface area contributed by atoms with Crippen molar-refractivity contribution in [2.45, 2.75) is 25.3 Å². The second kappa shape index (κ2) is 7.31. The third-order valence-corrected chi connectivity index (χ3v) is 4.60. The van der Waals surface area contributed by atoms with E-state index in [-0.39, 0.29) is 0 Å². The van der Waals surface area contributed by atoms with E-state index in [2.05, 4.69) is 0 Å². The highest BCUT2D eigenvalue weighted by molar-refractivity contribution is 5.64. The molecule has 0 amide bonds. The Morgan fingerprint density at radius 1 is 0.880 bits per heavy atom. The van der Waals surface area contributed by atoms with Crippen LogP contribution in [0.5, 0.6) is 0 Å². The minimum Gasteiger partial charge on any atom is -0.320 e. The summed E-state index contributed by atoms with van der Waals surface area (Å²) < 4.78 is 1.81. The van der Waals surface area contributed by atoms with Crippen molar-refractivity contribution in [3.05, 3.63) is 101 Å². The van der Waals surface area contributed by atoms with Gasteiger partial charge in [0.1, 0.15) is 17.3 Å². The molecule has 0 aliphatic heterocycles. The molecule has 0 aliphatic rings. The van der Waals surface area contributed by atoms with E-state index in [1.165, 1.54) is 0 Å². The summed E-state index contributed by atoms with van der Waals surface area (Å²) in [4.78, 5) is 12.4. The van der Waals surface area contributed by atoms with E-state index in [0.29, 0.717) is 18.3 Å². The Bertz CT molecular complexity index is 857. The summed E-state index contributed by atoms with van der Waals surface area (Å²) in [5.41, 5.74) is 2.57. The van der Waals surface area contributed by atoms with E-state index < -0.39 is 5.54 Å². The molecule has 0 aliphatic carbocycles. The van der Waals surface area contributed by atoms with Crippen LogP contribution in [0.25, 0.3) is 0 Å². The maximum atomic E-state index is 12.4. The molecule has 0 atom stereocenters. The first kappa shape index (κ1) is 16.9. The molecule has 1 aromatic heterocycles. The summed E-state index contributed by atoms with van der Waals surface area (Å²) >= 11 is 0. The van der Waals surface area contributed by atoms with Crippen LogP contribution in [0, 0.1) is 12.3 Å². The molecule has 0 radical (unpaired) electrons. The average Bonchev–Trinajstić information content (AvgIpc) is 2.65. The number of carbonyl (C=O) groups excluding carboxylic acids is 1. The summed E-state index contributed by atoms with van der Waals surface area (Å²) in [6.07, 6.45) is 3.94. The lowest BCUT2D eigenvalue weighted by Crippen LogP contribution is -2.46. The first-order valence-corrected chi connectivity index (χ1v) is 8.42. The monoisotopic (exact) mass is 330 g/mol. The average molecular weight is 330 g/mol. The molecule has 3 aromatic rings. The molecular weight excluding hydrogens is 308 g/mol. The molecule has 126 valence electrons. The molecule has 0 saturated carbocycles. The number of pyridine rings is 1. The van der Waals surface area contributed by atoms with Crippen LogP contribution in [0.15, 0.2) is 79.0 Å². The van der Waals surface area contributed by atoms with Crippen molar-refractivity contribution in [1.82, 2.24) is 4.57 Å². The number of carbonyl (C=O) groups is 1. The van der Waals surface area contributed by atoms with Crippen LogP contribution in [-0.2, 0) is 23.2 Å². The van der Waals surface area contributed by atoms with Crippen LogP contribution in [0.2, 0.25) is 0 Å². The lowest BCUT2D eigenvalue weighted by Gasteiger charge is -2.32. The van der Waals surface area contributed by atoms with Gasteiger partial charge in [-0.25, -0.2) is 0 Å². The molecule has 3 nitrogen and oxygen atoms in total. The van der Waals surface area contributed by atoms with Crippen LogP contribution in [0.4, 0.5) is 0 Å². The first-order chi connectivity index (χ1) is 12.1. The predicted molar refractivity (Wildman–Crippen MR) is 99.4 cm³/mol. The van der Waals surface area contributed by atoms with Gasteiger partial charge in [-0.15, -0.1) is 0 Å². The second-order valence-electron chi connectivity index (χ2n) is 6.46. The van der Waals surface area contributed by atoms with Gasteiger partial charge in [-0.1, -0.05) is 66.7 Å². The Hall–Kier alpha value is -2.94. The third-order valence-electron chi connectivity index (χ3n) is 4.60. The summed E-state index contributed by atoms with van der Waals surface area (Å²) in [6, 6.07) is 23.8. The third kappa shape index (κ3) is 3.61. The Labute approximate surface area is 148 Å². The number of hydrogen-bond acceptors (Lipinski definition) is 2. The van der Waals surface area contributed by atoms with Gasteiger partial charge < -0.3 is 9.36 Å². The highest BCUT2D eigenvalue weighted by Gasteiger charge is 2.33. The molecule has 3 heteroatoms. The zero-order valence-electron chi connectivity index (χ0n) is 14.4. The largest absolute Gasteiger partial charge is 0.320 e. The number of aromatic nitrogens is 1. The summed E-state index contributed by atoms with van der Waals surface area (Å²) in [5, 5.41) is 8.49. The Balaban J connectivity index is 2.13. The molecule has 1 N–H and O–H groups in total. The lowest BCUT2D eigenvalue weighted by molar-refractivity contribution is -0.115. The molecule has 0 unspecified atom stereocenters. The van der Waals surface area contributed by atoms with Gasteiger partial charge in [0.2, 0.25) is 0 Å². The highest BCUT2D eigenvalue weighted by atomic mass is 16.1. The quantitative estimate of drug-likeness (QED) is 0.689. The standard InChI is InChI=1S/C22H22N2O/c1-18-9-8-14-24(21(18)23)22(17-25,15-19-10-4-2-5-11-19)16-20-12-6-3-7-13-20/h2-14,17,23H,15-16H2,1H3. The topological polar surface area (TPSA) is 45.9 Å². The highest BCUT2D eigenvalue weighted by Crippen LogP contribution is 2.24. The van der Waals surface area contributed by atoms with E-state index in [4.69, 9.17) is 5.41 Å². The van der Waals surface area contributed by atoms with Crippen molar-refractivity contribution in [3.8, 4) is 0 Å². The molecule has 0 fully saturated rings. The Kier molecular flexibility index (Phi) is 4.94. The van der Waals surface area contributed by atoms with Gasteiger partial charge in [-0.2, -0.15) is 0 Å². The van der Waals surface area contributed by atoms with Gasteiger partial charge in [-0.3, -0.25) is 5.41 Å². The molecule has 0 bridgehead atoms. The molecule has 3 rings (SSSR count). The van der Waals surface area contributed by atoms with E-state index in [1.54, 1.807) is 0 Å². The van der Waals surface area contributed by atoms with Crippen LogP contribution in [-0.4, -0.2) is 10.9 Å². The molecular formula is C22H22N2O. The molecule has 2 aromatic carbocycles. The second-order valence-corrected chi connectivity index (χ2v) is 6.46. The van der Waals surface area contributed by atoms with Gasteiger partial charge in [0.05, 0.1) is 0 Å². The molecule has 1 heterocycles. The first-order valence-electron chi connectivity index (χ1n) is 8.42. The fraction of sp³-hybridized carbons (Fsp3) is 0.182. The van der Waals surface area contributed by atoms with Gasteiger partial charge in [-0.05, 0) is 29.7 Å². The maximum absolute atomic E-state index is 12.4. The number of nitrogens with one attached hydrogen (secondary N) is 1.